The quantitative estimate of drug-likeness (QED) is 0.576. The van der Waals surface area contributed by atoms with E-state index in [4.69, 9.17) is 4.74 Å². The Balaban J connectivity index is 2.01. The summed E-state index contributed by atoms with van der Waals surface area (Å²) in [5.41, 5.74) is -0.498. The summed E-state index contributed by atoms with van der Waals surface area (Å²) in [6, 6.07) is -0.382. The van der Waals surface area contributed by atoms with Crippen molar-refractivity contribution >= 4 is 11.9 Å². The second-order valence-corrected chi connectivity index (χ2v) is 6.70. The molecule has 112 valence electrons. The fraction of sp³-hybridized carbons (Fsp3) is 0.750. The molecule has 1 saturated heterocycles. The first-order chi connectivity index (χ1) is 9.38. The molecule has 2 aliphatic rings. The Morgan fingerprint density at radius 2 is 1.95 bits per heavy atom. The van der Waals surface area contributed by atoms with Crippen molar-refractivity contribution in [1.82, 2.24) is 4.90 Å². The summed E-state index contributed by atoms with van der Waals surface area (Å²) in [5, 5.41) is 0. The summed E-state index contributed by atoms with van der Waals surface area (Å²) in [4.78, 5) is 26.5. The van der Waals surface area contributed by atoms with Gasteiger partial charge in [-0.3, -0.25) is 4.79 Å². The van der Waals surface area contributed by atoms with Gasteiger partial charge in [-0.1, -0.05) is 12.2 Å². The van der Waals surface area contributed by atoms with Gasteiger partial charge in [0.2, 0.25) is 5.91 Å². The van der Waals surface area contributed by atoms with E-state index in [1.54, 1.807) is 4.90 Å². The molecule has 1 fully saturated rings. The predicted octanol–water partition coefficient (Wildman–Crippen LogP) is 2.68. The fourth-order valence-electron chi connectivity index (χ4n) is 2.90. The Labute approximate surface area is 121 Å². The van der Waals surface area contributed by atoms with Crippen molar-refractivity contribution in [1.29, 1.82) is 0 Å². The van der Waals surface area contributed by atoms with Crippen molar-refractivity contribution in [3.63, 3.8) is 0 Å². The van der Waals surface area contributed by atoms with Crippen molar-refractivity contribution in [2.24, 2.45) is 5.92 Å². The number of hydrogen-bond acceptors (Lipinski definition) is 3. The Morgan fingerprint density at radius 1 is 1.20 bits per heavy atom. The van der Waals surface area contributed by atoms with Crippen LogP contribution in [0.1, 0.15) is 52.9 Å². The number of ether oxygens (including phenoxy) is 1. The van der Waals surface area contributed by atoms with Gasteiger partial charge in [0.05, 0.1) is 0 Å². The molecule has 0 N–H and O–H groups in total. The molecule has 0 spiro atoms. The molecule has 1 unspecified atom stereocenters. The number of carbonyl (C=O) groups excluding carboxylic acids is 2. The molecule has 1 aliphatic heterocycles. The van der Waals surface area contributed by atoms with Crippen molar-refractivity contribution in [3.05, 3.63) is 12.2 Å². The van der Waals surface area contributed by atoms with E-state index < -0.39 is 5.60 Å². The Bertz CT molecular complexity index is 408. The van der Waals surface area contributed by atoms with Crippen LogP contribution in [0.4, 0.5) is 0 Å². The number of rotatable bonds is 2. The van der Waals surface area contributed by atoms with Crippen LogP contribution < -0.4 is 0 Å². The molecule has 1 amide bonds. The van der Waals surface area contributed by atoms with Crippen molar-refractivity contribution in [3.8, 4) is 0 Å². The molecule has 0 bridgehead atoms. The third-order valence-electron chi connectivity index (χ3n) is 3.83. The lowest BCUT2D eigenvalue weighted by atomic mass is 9.93. The summed E-state index contributed by atoms with van der Waals surface area (Å²) in [6.45, 7) is 6.26. The van der Waals surface area contributed by atoms with Crippen molar-refractivity contribution < 1.29 is 14.3 Å². The highest BCUT2D eigenvalue weighted by Gasteiger charge is 2.38. The number of amides is 1. The molecule has 2 atom stereocenters. The van der Waals surface area contributed by atoms with Gasteiger partial charge >= 0.3 is 5.97 Å². The van der Waals surface area contributed by atoms with E-state index in [1.807, 2.05) is 20.8 Å². The third-order valence-corrected chi connectivity index (χ3v) is 3.83. The maximum absolute atomic E-state index is 12.6. The van der Waals surface area contributed by atoms with Gasteiger partial charge in [0.15, 0.2) is 0 Å². The Morgan fingerprint density at radius 3 is 2.55 bits per heavy atom. The fourth-order valence-corrected chi connectivity index (χ4v) is 2.90. The van der Waals surface area contributed by atoms with Crippen LogP contribution in [0.2, 0.25) is 0 Å². The molecular formula is C16H25NO3. The summed E-state index contributed by atoms with van der Waals surface area (Å²) in [7, 11) is 0. The lowest BCUT2D eigenvalue weighted by molar-refractivity contribution is -0.164. The number of hydrogen-bond donors (Lipinski definition) is 0. The first kappa shape index (κ1) is 15.1. The number of esters is 1. The van der Waals surface area contributed by atoms with Crippen LogP contribution in [0.15, 0.2) is 12.2 Å². The van der Waals surface area contributed by atoms with Crippen molar-refractivity contribution in [2.75, 3.05) is 6.54 Å². The van der Waals surface area contributed by atoms with E-state index in [-0.39, 0.29) is 23.8 Å². The molecule has 1 heterocycles. The number of likely N-dealkylation sites (tertiary alicyclic amines) is 1. The molecule has 1 aliphatic carbocycles. The van der Waals surface area contributed by atoms with Crippen LogP contribution in [0.25, 0.3) is 0 Å². The monoisotopic (exact) mass is 279 g/mol. The van der Waals surface area contributed by atoms with Crippen LogP contribution in [-0.2, 0) is 14.3 Å². The molecule has 4 nitrogen and oxygen atoms in total. The van der Waals surface area contributed by atoms with E-state index in [0.717, 1.165) is 32.1 Å². The highest BCUT2D eigenvalue weighted by Crippen LogP contribution is 2.27. The third kappa shape index (κ3) is 3.62. The Hall–Kier alpha value is -1.32. The van der Waals surface area contributed by atoms with Crippen LogP contribution in [0, 0.1) is 5.92 Å². The molecule has 2 rings (SSSR count). The average molecular weight is 279 g/mol. The van der Waals surface area contributed by atoms with Gasteiger partial charge in [-0.05, 0) is 52.9 Å². The maximum Gasteiger partial charge on any atom is 0.329 e. The standard InChI is InChI=1S/C16H25NO3/c1-16(2,3)20-15(19)13-10-7-11-17(13)14(18)12-8-5-4-6-9-12/h4-5,12-13H,6-11H2,1-3H3/t12?,13-/m1/s1. The summed E-state index contributed by atoms with van der Waals surface area (Å²) in [5.74, 6) is -0.0829. The lowest BCUT2D eigenvalue weighted by Gasteiger charge is -2.30. The van der Waals surface area contributed by atoms with Gasteiger partial charge < -0.3 is 9.64 Å². The van der Waals surface area contributed by atoms with E-state index in [0.29, 0.717) is 6.54 Å². The molecule has 0 aromatic carbocycles. The number of nitrogens with zero attached hydrogens (tertiary/aromatic N) is 1. The van der Waals surface area contributed by atoms with Gasteiger partial charge in [-0.2, -0.15) is 0 Å². The molecule has 0 radical (unpaired) electrons. The molecule has 4 heteroatoms. The number of carbonyl (C=O) groups is 2. The normalized spacial score (nSPS) is 26.6. The second kappa shape index (κ2) is 5.98. The zero-order valence-corrected chi connectivity index (χ0v) is 12.7. The largest absolute Gasteiger partial charge is 0.458 e. The van der Waals surface area contributed by atoms with Crippen LogP contribution in [-0.4, -0.2) is 35.0 Å². The zero-order chi connectivity index (χ0) is 14.8. The minimum absolute atomic E-state index is 0.0445. The first-order valence-corrected chi connectivity index (χ1v) is 7.57. The van der Waals surface area contributed by atoms with E-state index >= 15 is 0 Å². The minimum atomic E-state index is -0.498. The van der Waals surface area contributed by atoms with Gasteiger partial charge in [-0.15, -0.1) is 0 Å². The SMILES string of the molecule is CC(C)(C)OC(=O)[C@H]1CCCN1C(=O)C1CC=CCC1. The highest BCUT2D eigenvalue weighted by molar-refractivity contribution is 5.86. The Kier molecular flexibility index (Phi) is 4.51. The lowest BCUT2D eigenvalue weighted by Crippen LogP contribution is -2.46. The average Bonchev–Trinajstić information content (AvgIpc) is 2.86. The maximum atomic E-state index is 12.6. The van der Waals surface area contributed by atoms with Crippen LogP contribution in [0.5, 0.6) is 0 Å². The summed E-state index contributed by atoms with van der Waals surface area (Å²) in [6.07, 6.45) is 8.47. The van der Waals surface area contributed by atoms with Gasteiger partial charge in [0.25, 0.3) is 0 Å². The summed E-state index contributed by atoms with van der Waals surface area (Å²) < 4.78 is 5.44. The van der Waals surface area contributed by atoms with E-state index in [2.05, 4.69) is 12.2 Å². The molecular weight excluding hydrogens is 254 g/mol. The minimum Gasteiger partial charge on any atom is -0.458 e. The molecule has 0 aromatic heterocycles. The van der Waals surface area contributed by atoms with E-state index in [9.17, 15) is 9.59 Å². The van der Waals surface area contributed by atoms with Gasteiger partial charge in [0, 0.05) is 12.5 Å². The number of allylic oxidation sites excluding steroid dienone is 2. The topological polar surface area (TPSA) is 46.6 Å². The summed E-state index contributed by atoms with van der Waals surface area (Å²) >= 11 is 0. The van der Waals surface area contributed by atoms with E-state index in [1.165, 1.54) is 0 Å². The predicted molar refractivity (Wildman–Crippen MR) is 77.1 cm³/mol. The van der Waals surface area contributed by atoms with Crippen LogP contribution >= 0.6 is 0 Å². The second-order valence-electron chi connectivity index (χ2n) is 6.70. The zero-order valence-electron chi connectivity index (χ0n) is 12.7. The highest BCUT2D eigenvalue weighted by atomic mass is 16.6. The van der Waals surface area contributed by atoms with Crippen molar-refractivity contribution in [2.45, 2.75) is 64.5 Å². The molecule has 0 aromatic rings. The van der Waals surface area contributed by atoms with Crippen LogP contribution in [0.3, 0.4) is 0 Å². The smallest absolute Gasteiger partial charge is 0.329 e. The molecule has 20 heavy (non-hydrogen) atoms. The van der Waals surface area contributed by atoms with Gasteiger partial charge in [-0.25, -0.2) is 4.79 Å². The first-order valence-electron chi connectivity index (χ1n) is 7.57. The molecule has 0 saturated carbocycles. The van der Waals surface area contributed by atoms with Gasteiger partial charge in [0.1, 0.15) is 11.6 Å².